The van der Waals surface area contributed by atoms with E-state index < -0.39 is 0 Å². The zero-order chi connectivity index (χ0) is 29.7. The van der Waals surface area contributed by atoms with Gasteiger partial charge in [-0.15, -0.1) is 0 Å². The predicted octanol–water partition coefficient (Wildman–Crippen LogP) is 10.7. The van der Waals surface area contributed by atoms with E-state index in [1.165, 1.54) is 60.1 Å². The summed E-state index contributed by atoms with van der Waals surface area (Å²) in [6.45, 7) is 0. The van der Waals surface area contributed by atoms with Crippen LogP contribution in [0, 0.1) is 0 Å². The number of nitrogens with zero attached hydrogens (tertiary/aromatic N) is 2. The van der Waals surface area contributed by atoms with Crippen molar-refractivity contribution < 1.29 is 0 Å². The van der Waals surface area contributed by atoms with Gasteiger partial charge in [0, 0.05) is 6.20 Å². The third kappa shape index (κ3) is 4.22. The van der Waals surface area contributed by atoms with Gasteiger partial charge in [0.15, 0.2) is 0 Å². The highest BCUT2D eigenvalue weighted by molar-refractivity contribution is 6.21. The number of hydrogen-bond donors (Lipinski definition) is 0. The molecule has 2 aliphatic rings. The average Bonchev–Trinajstić information content (AvgIpc) is 3.50. The molecule has 0 aliphatic carbocycles. The van der Waals surface area contributed by atoms with Crippen LogP contribution < -0.4 is 0 Å². The highest BCUT2D eigenvalue weighted by Gasteiger charge is 2.35. The van der Waals surface area contributed by atoms with Crippen LogP contribution in [-0.2, 0) is 0 Å². The molecule has 212 valence electrons. The first-order chi connectivity index (χ1) is 22.3. The van der Waals surface area contributed by atoms with Gasteiger partial charge in [0.1, 0.15) is 6.17 Å². The minimum atomic E-state index is 0.0189. The zero-order valence-corrected chi connectivity index (χ0v) is 24.7. The van der Waals surface area contributed by atoms with Crippen molar-refractivity contribution in [3.63, 3.8) is 0 Å². The predicted molar refractivity (Wildman–Crippen MR) is 189 cm³/mol. The van der Waals surface area contributed by atoms with Crippen molar-refractivity contribution in [3.05, 3.63) is 181 Å². The second kappa shape index (κ2) is 10.5. The molecule has 0 amide bonds. The van der Waals surface area contributed by atoms with Gasteiger partial charge >= 0.3 is 0 Å². The van der Waals surface area contributed by atoms with Crippen molar-refractivity contribution in [3.8, 4) is 22.3 Å². The van der Waals surface area contributed by atoms with Crippen molar-refractivity contribution in [1.29, 1.82) is 0 Å². The minimum absolute atomic E-state index is 0.0189. The lowest BCUT2D eigenvalue weighted by Crippen LogP contribution is -2.29. The van der Waals surface area contributed by atoms with Crippen LogP contribution in [0.2, 0.25) is 0 Å². The lowest BCUT2D eigenvalue weighted by atomic mass is 9.85. The van der Waals surface area contributed by atoms with Crippen LogP contribution in [-0.4, -0.2) is 16.8 Å². The van der Waals surface area contributed by atoms with Crippen molar-refractivity contribution in [2.24, 2.45) is 4.99 Å². The van der Waals surface area contributed by atoms with E-state index in [0.29, 0.717) is 0 Å². The summed E-state index contributed by atoms with van der Waals surface area (Å²) in [6.07, 6.45) is 8.56. The molecule has 9 rings (SSSR count). The van der Waals surface area contributed by atoms with Gasteiger partial charge < -0.3 is 4.90 Å². The SMILES string of the molecule is C1=CC2N=C(c3ccc(-c4c5ccccc5c(-c5ccc6ccccc6c5)c5ccccc45)cc3)C(c3ccccc3)N2C=C1. The number of allylic oxidation sites excluding steroid dienone is 2. The van der Waals surface area contributed by atoms with Gasteiger partial charge in [-0.3, -0.25) is 4.99 Å². The first-order valence-electron chi connectivity index (χ1n) is 15.6. The standard InChI is InChI=1S/C43H30N2/c1-2-13-32(14-3-1)43-42(44-39-20-10-11-27-45(39)43)31-24-22-30(23-25-31)40-35-16-6-8-18-37(35)41(38-19-9-7-17-36(38)40)34-26-21-29-12-4-5-15-33(29)28-34/h1-28,39,43H. The summed E-state index contributed by atoms with van der Waals surface area (Å²) in [5.41, 5.74) is 8.53. The maximum absolute atomic E-state index is 5.21. The first kappa shape index (κ1) is 25.7. The minimum Gasteiger partial charge on any atom is -0.340 e. The summed E-state index contributed by atoms with van der Waals surface area (Å²) < 4.78 is 0. The van der Waals surface area contributed by atoms with Gasteiger partial charge in [-0.2, -0.15) is 0 Å². The summed E-state index contributed by atoms with van der Waals surface area (Å²) >= 11 is 0. The van der Waals surface area contributed by atoms with Crippen molar-refractivity contribution in [2.45, 2.75) is 12.2 Å². The van der Waals surface area contributed by atoms with Crippen LogP contribution in [0.4, 0.5) is 0 Å². The second-order valence-electron chi connectivity index (χ2n) is 11.9. The van der Waals surface area contributed by atoms with E-state index in [0.717, 1.165) is 11.3 Å². The number of hydrogen-bond acceptors (Lipinski definition) is 2. The highest BCUT2D eigenvalue weighted by atomic mass is 15.3. The molecule has 7 aromatic rings. The molecular formula is C43H30N2. The molecule has 2 nitrogen and oxygen atoms in total. The normalized spacial score (nSPS) is 17.2. The topological polar surface area (TPSA) is 15.6 Å². The Balaban J connectivity index is 1.20. The molecular weight excluding hydrogens is 544 g/mol. The molecule has 45 heavy (non-hydrogen) atoms. The van der Waals surface area contributed by atoms with Crippen LogP contribution in [0.15, 0.2) is 175 Å². The molecule has 0 saturated heterocycles. The summed E-state index contributed by atoms with van der Waals surface area (Å²) in [6, 6.07) is 53.1. The lowest BCUT2D eigenvalue weighted by Gasteiger charge is -2.29. The molecule has 0 N–H and O–H groups in total. The third-order valence-corrected chi connectivity index (χ3v) is 9.34. The van der Waals surface area contributed by atoms with E-state index in [-0.39, 0.29) is 12.2 Å². The molecule has 7 aromatic carbocycles. The Labute approximate surface area is 262 Å². The number of fused-ring (bicyclic) bond motifs is 4. The van der Waals surface area contributed by atoms with E-state index in [2.05, 4.69) is 175 Å². The Morgan fingerprint density at radius 3 is 1.71 bits per heavy atom. The zero-order valence-electron chi connectivity index (χ0n) is 24.7. The molecule has 0 bridgehead atoms. The van der Waals surface area contributed by atoms with E-state index >= 15 is 0 Å². The average molecular weight is 575 g/mol. The number of aliphatic imine (C=N–C) groups is 1. The fourth-order valence-electron chi connectivity index (χ4n) is 7.30. The monoisotopic (exact) mass is 574 g/mol. The fourth-order valence-corrected chi connectivity index (χ4v) is 7.30. The van der Waals surface area contributed by atoms with Crippen molar-refractivity contribution >= 4 is 38.0 Å². The summed E-state index contributed by atoms with van der Waals surface area (Å²) in [4.78, 5) is 7.56. The van der Waals surface area contributed by atoms with Gasteiger partial charge in [0.2, 0.25) is 0 Å². The molecule has 0 fully saturated rings. The molecule has 0 aromatic heterocycles. The third-order valence-electron chi connectivity index (χ3n) is 9.34. The Morgan fingerprint density at radius 2 is 1.02 bits per heavy atom. The van der Waals surface area contributed by atoms with Gasteiger partial charge in [-0.25, -0.2) is 0 Å². The van der Waals surface area contributed by atoms with Crippen LogP contribution in [0.1, 0.15) is 17.2 Å². The van der Waals surface area contributed by atoms with Gasteiger partial charge in [-0.05, 0) is 83.9 Å². The van der Waals surface area contributed by atoms with E-state index in [1.807, 2.05) is 0 Å². The van der Waals surface area contributed by atoms with Gasteiger partial charge in [0.25, 0.3) is 0 Å². The highest BCUT2D eigenvalue weighted by Crippen LogP contribution is 2.44. The molecule has 0 spiro atoms. The Bertz CT molecular complexity index is 2270. The quantitative estimate of drug-likeness (QED) is 0.191. The molecule has 2 atom stereocenters. The molecule has 0 radical (unpaired) electrons. The van der Waals surface area contributed by atoms with Crippen LogP contribution in [0.3, 0.4) is 0 Å². The smallest absolute Gasteiger partial charge is 0.141 e. The molecule has 2 unspecified atom stereocenters. The fraction of sp³-hybridized carbons (Fsp3) is 0.0465. The summed E-state index contributed by atoms with van der Waals surface area (Å²) in [7, 11) is 0. The Hall–Kier alpha value is -5.73. The largest absolute Gasteiger partial charge is 0.340 e. The van der Waals surface area contributed by atoms with Crippen LogP contribution >= 0.6 is 0 Å². The van der Waals surface area contributed by atoms with Crippen molar-refractivity contribution in [2.75, 3.05) is 0 Å². The summed E-state index contributed by atoms with van der Waals surface area (Å²) in [5, 5.41) is 7.58. The molecule has 0 saturated carbocycles. The Kier molecular flexibility index (Phi) is 5.99. The summed E-state index contributed by atoms with van der Waals surface area (Å²) in [5.74, 6) is 0. The van der Waals surface area contributed by atoms with E-state index in [1.54, 1.807) is 0 Å². The molecule has 2 aliphatic heterocycles. The van der Waals surface area contributed by atoms with Gasteiger partial charge in [0.05, 0.1) is 11.8 Å². The maximum Gasteiger partial charge on any atom is 0.141 e. The Morgan fingerprint density at radius 1 is 0.467 bits per heavy atom. The van der Waals surface area contributed by atoms with Gasteiger partial charge in [-0.1, -0.05) is 146 Å². The number of rotatable bonds is 4. The van der Waals surface area contributed by atoms with Crippen LogP contribution in [0.5, 0.6) is 0 Å². The first-order valence-corrected chi connectivity index (χ1v) is 15.6. The molecule has 2 heteroatoms. The maximum atomic E-state index is 5.21. The van der Waals surface area contributed by atoms with E-state index in [4.69, 9.17) is 4.99 Å². The lowest BCUT2D eigenvalue weighted by molar-refractivity contribution is 0.321. The van der Waals surface area contributed by atoms with Crippen LogP contribution in [0.25, 0.3) is 54.6 Å². The number of benzene rings is 7. The second-order valence-corrected chi connectivity index (χ2v) is 11.9. The van der Waals surface area contributed by atoms with E-state index in [9.17, 15) is 0 Å². The van der Waals surface area contributed by atoms with Crippen molar-refractivity contribution in [1.82, 2.24) is 4.90 Å². The molecule has 2 heterocycles.